The van der Waals surface area contributed by atoms with Crippen molar-refractivity contribution in [3.63, 3.8) is 0 Å². The number of halogens is 2. The molecule has 0 saturated carbocycles. The van der Waals surface area contributed by atoms with E-state index in [9.17, 15) is 0 Å². The molecule has 5 heteroatoms. The van der Waals surface area contributed by atoms with Crippen LogP contribution in [0.2, 0.25) is 5.02 Å². The third-order valence-corrected chi connectivity index (χ3v) is 3.62. The molecule has 0 amide bonds. The van der Waals surface area contributed by atoms with Crippen LogP contribution in [0, 0.1) is 0 Å². The predicted molar refractivity (Wildman–Crippen MR) is 76.7 cm³/mol. The van der Waals surface area contributed by atoms with Crippen LogP contribution in [0.4, 0.5) is 0 Å². The molecule has 94 valence electrons. The summed E-state index contributed by atoms with van der Waals surface area (Å²) in [4.78, 5) is 8.08. The molecule has 0 spiro atoms. The van der Waals surface area contributed by atoms with Crippen LogP contribution in [0.1, 0.15) is 17.2 Å². The monoisotopic (exact) mass is 325 g/mol. The first kappa shape index (κ1) is 13.5. The summed E-state index contributed by atoms with van der Waals surface area (Å²) in [5.41, 5.74) is 2.15. The van der Waals surface area contributed by atoms with Crippen LogP contribution >= 0.6 is 27.5 Å². The van der Waals surface area contributed by atoms with E-state index in [2.05, 4.69) is 31.2 Å². The lowest BCUT2D eigenvalue weighted by molar-refractivity contribution is 0.587. The summed E-state index contributed by atoms with van der Waals surface area (Å²) in [6.07, 6.45) is 5.97. The van der Waals surface area contributed by atoms with Gasteiger partial charge in [-0.3, -0.25) is 0 Å². The van der Waals surface area contributed by atoms with Crippen molar-refractivity contribution < 1.29 is 0 Å². The van der Waals surface area contributed by atoms with Crippen molar-refractivity contribution in [2.24, 2.45) is 0 Å². The van der Waals surface area contributed by atoms with E-state index in [1.54, 1.807) is 0 Å². The zero-order valence-corrected chi connectivity index (χ0v) is 12.2. The summed E-state index contributed by atoms with van der Waals surface area (Å²) in [7, 11) is 1.92. The standard InChI is InChI=1S/C13H13BrClN3/c1-16-13(10-6-17-8-18-7-10)4-9-2-3-11(14)5-12(9)15/h2-3,5-8,13,16H,4H2,1H3. The predicted octanol–water partition coefficient (Wildman–Crippen LogP) is 3.40. The van der Waals surface area contributed by atoms with Gasteiger partial charge in [-0.1, -0.05) is 33.6 Å². The van der Waals surface area contributed by atoms with Gasteiger partial charge in [0.25, 0.3) is 0 Å². The Morgan fingerprint density at radius 2 is 2.06 bits per heavy atom. The lowest BCUT2D eigenvalue weighted by Gasteiger charge is -2.16. The normalized spacial score (nSPS) is 12.4. The fraction of sp³-hybridized carbons (Fsp3) is 0.231. The van der Waals surface area contributed by atoms with E-state index in [-0.39, 0.29) is 6.04 Å². The van der Waals surface area contributed by atoms with Gasteiger partial charge in [-0.15, -0.1) is 0 Å². The molecule has 0 radical (unpaired) electrons. The SMILES string of the molecule is CNC(Cc1ccc(Br)cc1Cl)c1cncnc1. The topological polar surface area (TPSA) is 37.8 Å². The number of benzene rings is 1. The van der Waals surface area contributed by atoms with Crippen LogP contribution in [0.15, 0.2) is 41.4 Å². The number of likely N-dealkylation sites (N-methyl/N-ethyl adjacent to an activating group) is 1. The van der Waals surface area contributed by atoms with Gasteiger partial charge in [0.15, 0.2) is 0 Å². The zero-order valence-electron chi connectivity index (χ0n) is 9.90. The second kappa shape index (κ2) is 6.27. The number of aromatic nitrogens is 2. The van der Waals surface area contributed by atoms with Crippen molar-refractivity contribution in [1.29, 1.82) is 0 Å². The number of nitrogens with one attached hydrogen (secondary N) is 1. The Hall–Kier alpha value is -0.970. The minimum absolute atomic E-state index is 0.157. The molecular weight excluding hydrogens is 314 g/mol. The Morgan fingerprint density at radius 3 is 2.67 bits per heavy atom. The van der Waals surface area contributed by atoms with Gasteiger partial charge < -0.3 is 5.32 Å². The van der Waals surface area contributed by atoms with Crippen LogP contribution < -0.4 is 5.32 Å². The maximum Gasteiger partial charge on any atom is 0.115 e. The van der Waals surface area contributed by atoms with E-state index >= 15 is 0 Å². The molecule has 1 aromatic carbocycles. The minimum atomic E-state index is 0.157. The first-order chi connectivity index (χ1) is 8.70. The van der Waals surface area contributed by atoms with Gasteiger partial charge in [-0.05, 0) is 31.2 Å². The maximum atomic E-state index is 6.23. The Kier molecular flexibility index (Phi) is 4.69. The second-order valence-corrected chi connectivity index (χ2v) is 5.28. The summed E-state index contributed by atoms with van der Waals surface area (Å²) in [6.45, 7) is 0. The van der Waals surface area contributed by atoms with Gasteiger partial charge in [-0.2, -0.15) is 0 Å². The molecule has 0 aliphatic rings. The Bertz CT molecular complexity index is 519. The highest BCUT2D eigenvalue weighted by molar-refractivity contribution is 9.10. The average molecular weight is 327 g/mol. The first-order valence-electron chi connectivity index (χ1n) is 5.57. The van der Waals surface area contributed by atoms with Crippen molar-refractivity contribution in [1.82, 2.24) is 15.3 Å². The number of hydrogen-bond acceptors (Lipinski definition) is 3. The molecule has 1 heterocycles. The lowest BCUT2D eigenvalue weighted by Crippen LogP contribution is -2.19. The quantitative estimate of drug-likeness (QED) is 0.936. The van der Waals surface area contributed by atoms with Crippen molar-refractivity contribution in [2.75, 3.05) is 7.05 Å². The Morgan fingerprint density at radius 1 is 1.33 bits per heavy atom. The molecular formula is C13H13BrClN3. The summed E-state index contributed by atoms with van der Waals surface area (Å²) < 4.78 is 0.986. The van der Waals surface area contributed by atoms with Crippen molar-refractivity contribution in [2.45, 2.75) is 12.5 Å². The van der Waals surface area contributed by atoms with Gasteiger partial charge >= 0.3 is 0 Å². The van der Waals surface area contributed by atoms with Crippen molar-refractivity contribution in [3.8, 4) is 0 Å². The average Bonchev–Trinajstić information content (AvgIpc) is 2.39. The van der Waals surface area contributed by atoms with E-state index in [1.807, 2.05) is 37.6 Å². The Labute approximate surface area is 120 Å². The van der Waals surface area contributed by atoms with Gasteiger partial charge in [0.05, 0.1) is 0 Å². The molecule has 1 aromatic heterocycles. The zero-order chi connectivity index (χ0) is 13.0. The van der Waals surface area contributed by atoms with E-state index in [1.165, 1.54) is 6.33 Å². The van der Waals surface area contributed by atoms with E-state index < -0.39 is 0 Å². The van der Waals surface area contributed by atoms with E-state index in [0.717, 1.165) is 27.0 Å². The smallest absolute Gasteiger partial charge is 0.115 e. The van der Waals surface area contributed by atoms with Crippen LogP contribution in [0.5, 0.6) is 0 Å². The minimum Gasteiger partial charge on any atom is -0.313 e. The van der Waals surface area contributed by atoms with Crippen molar-refractivity contribution >= 4 is 27.5 Å². The molecule has 2 rings (SSSR count). The summed E-state index contributed by atoms with van der Waals surface area (Å²) >= 11 is 9.63. The highest BCUT2D eigenvalue weighted by atomic mass is 79.9. The van der Waals surface area contributed by atoms with Crippen LogP contribution in [-0.4, -0.2) is 17.0 Å². The van der Waals surface area contributed by atoms with Crippen LogP contribution in [-0.2, 0) is 6.42 Å². The number of hydrogen-bond donors (Lipinski definition) is 1. The lowest BCUT2D eigenvalue weighted by atomic mass is 10.0. The van der Waals surface area contributed by atoms with Crippen LogP contribution in [0.3, 0.4) is 0 Å². The molecule has 1 atom stereocenters. The van der Waals surface area contributed by atoms with Crippen LogP contribution in [0.25, 0.3) is 0 Å². The highest BCUT2D eigenvalue weighted by Gasteiger charge is 2.12. The molecule has 3 nitrogen and oxygen atoms in total. The summed E-state index contributed by atoms with van der Waals surface area (Å²) in [5, 5.41) is 4.02. The van der Waals surface area contributed by atoms with E-state index in [0.29, 0.717) is 0 Å². The molecule has 1 unspecified atom stereocenters. The molecule has 2 aromatic rings. The molecule has 0 fully saturated rings. The number of nitrogens with zero attached hydrogens (tertiary/aromatic N) is 2. The summed E-state index contributed by atoms with van der Waals surface area (Å²) in [5.74, 6) is 0. The Balaban J connectivity index is 2.21. The molecule has 0 aliphatic carbocycles. The molecule has 18 heavy (non-hydrogen) atoms. The molecule has 0 saturated heterocycles. The molecule has 0 aliphatic heterocycles. The van der Waals surface area contributed by atoms with Gasteiger partial charge in [0, 0.05) is 33.5 Å². The first-order valence-corrected chi connectivity index (χ1v) is 6.74. The fourth-order valence-electron chi connectivity index (χ4n) is 1.78. The summed E-state index contributed by atoms with van der Waals surface area (Å²) in [6, 6.07) is 6.09. The maximum absolute atomic E-state index is 6.23. The van der Waals surface area contributed by atoms with E-state index in [4.69, 9.17) is 11.6 Å². The highest BCUT2D eigenvalue weighted by Crippen LogP contribution is 2.25. The largest absolute Gasteiger partial charge is 0.313 e. The third kappa shape index (κ3) is 3.28. The number of rotatable bonds is 4. The van der Waals surface area contributed by atoms with Crippen molar-refractivity contribution in [3.05, 3.63) is 57.5 Å². The van der Waals surface area contributed by atoms with Gasteiger partial charge in [0.2, 0.25) is 0 Å². The molecule has 1 N–H and O–H groups in total. The van der Waals surface area contributed by atoms with Gasteiger partial charge in [-0.25, -0.2) is 9.97 Å². The fourth-order valence-corrected chi connectivity index (χ4v) is 2.53. The third-order valence-electron chi connectivity index (χ3n) is 2.77. The second-order valence-electron chi connectivity index (χ2n) is 3.95. The molecule has 0 bridgehead atoms. The van der Waals surface area contributed by atoms with Gasteiger partial charge in [0.1, 0.15) is 6.33 Å².